The van der Waals surface area contributed by atoms with Crippen LogP contribution in [0.3, 0.4) is 0 Å². The number of nitrogens with two attached hydrogens (primary N) is 1. The van der Waals surface area contributed by atoms with E-state index in [1.54, 1.807) is 0 Å². The van der Waals surface area contributed by atoms with Gasteiger partial charge in [-0.3, -0.25) is 4.90 Å². The molecular formula is C27H34N6O2. The number of fused-ring (bicyclic) bond motifs is 2. The van der Waals surface area contributed by atoms with Gasteiger partial charge >= 0.3 is 6.03 Å². The number of rotatable bonds is 7. The number of carbonyl (C=O) groups excluding carboxylic acids is 1. The summed E-state index contributed by atoms with van der Waals surface area (Å²) in [6, 6.07) is 14.2. The highest BCUT2D eigenvalue weighted by Gasteiger charge is 2.49. The molecule has 0 spiro atoms. The molecule has 1 fully saturated rings. The van der Waals surface area contributed by atoms with E-state index in [-0.39, 0.29) is 23.4 Å². The van der Waals surface area contributed by atoms with Crippen LogP contribution in [0.15, 0.2) is 47.6 Å². The molecule has 1 aromatic heterocycles. The molecular weight excluding hydrogens is 440 g/mol. The number of aryl methyl sites for hydroxylation is 1. The highest BCUT2D eigenvalue weighted by atomic mass is 16.4. The molecule has 1 aliphatic heterocycles. The number of oxime groups is 1. The van der Waals surface area contributed by atoms with E-state index in [1.807, 2.05) is 41.3 Å². The maximum absolute atomic E-state index is 13.9. The van der Waals surface area contributed by atoms with Gasteiger partial charge in [0.2, 0.25) is 0 Å². The smallest absolute Gasteiger partial charge is 0.325 e. The fourth-order valence-corrected chi connectivity index (χ4v) is 5.22. The topological polar surface area (TPSA) is 100.0 Å². The number of nitrogens with zero attached hydrogens (tertiary/aromatic N) is 5. The van der Waals surface area contributed by atoms with Gasteiger partial charge in [0.25, 0.3) is 0 Å². The molecule has 2 amide bonds. The predicted molar refractivity (Wildman–Crippen MR) is 138 cm³/mol. The molecule has 2 aliphatic rings. The van der Waals surface area contributed by atoms with E-state index in [0.717, 1.165) is 53.9 Å². The largest absolute Gasteiger partial charge is 0.409 e. The summed E-state index contributed by atoms with van der Waals surface area (Å²) < 4.78 is 2.21. The van der Waals surface area contributed by atoms with Crippen molar-refractivity contribution in [2.24, 2.45) is 16.8 Å². The molecule has 5 rings (SSSR count). The lowest BCUT2D eigenvalue weighted by Crippen LogP contribution is -2.57. The normalized spacial score (nSPS) is 18.0. The second kappa shape index (κ2) is 8.59. The quantitative estimate of drug-likeness (QED) is 0.217. The van der Waals surface area contributed by atoms with Crippen molar-refractivity contribution in [1.29, 1.82) is 0 Å². The summed E-state index contributed by atoms with van der Waals surface area (Å²) in [5.41, 5.74) is 9.93. The summed E-state index contributed by atoms with van der Waals surface area (Å²) in [6.07, 6.45) is 3.09. The lowest BCUT2D eigenvalue weighted by atomic mass is 9.88. The van der Waals surface area contributed by atoms with Crippen LogP contribution in [0.25, 0.3) is 11.0 Å². The number of carbonyl (C=O) groups is 1. The molecule has 1 aliphatic carbocycles. The Hall–Kier alpha value is -3.55. The molecule has 35 heavy (non-hydrogen) atoms. The van der Waals surface area contributed by atoms with Crippen molar-refractivity contribution in [2.75, 3.05) is 4.90 Å². The molecule has 184 valence electrons. The van der Waals surface area contributed by atoms with E-state index in [2.05, 4.69) is 48.4 Å². The van der Waals surface area contributed by atoms with Crippen LogP contribution >= 0.6 is 0 Å². The molecule has 2 aromatic carbocycles. The van der Waals surface area contributed by atoms with Gasteiger partial charge in [0.05, 0.1) is 28.8 Å². The SMILES string of the molecule is CC(C)CCn1c(CN2C(=O)N(C3CC3)C(C)(C)c3ccccc32)nc2cc(/C(N)=N/O)ccc21. The average Bonchev–Trinajstić information content (AvgIpc) is 3.60. The fourth-order valence-electron chi connectivity index (χ4n) is 5.22. The minimum Gasteiger partial charge on any atom is -0.409 e. The molecule has 2 heterocycles. The molecule has 0 saturated heterocycles. The molecule has 3 N–H and O–H groups in total. The van der Waals surface area contributed by atoms with Crippen LogP contribution in [0, 0.1) is 5.92 Å². The van der Waals surface area contributed by atoms with Crippen molar-refractivity contribution < 1.29 is 10.0 Å². The van der Waals surface area contributed by atoms with E-state index in [0.29, 0.717) is 18.0 Å². The van der Waals surface area contributed by atoms with Crippen molar-refractivity contribution in [3.05, 3.63) is 59.4 Å². The number of amidine groups is 1. The number of amides is 2. The van der Waals surface area contributed by atoms with Crippen LogP contribution in [0.1, 0.15) is 63.9 Å². The number of imidazole rings is 1. The molecule has 3 aromatic rings. The standard InChI is InChI=1S/C27H34N6O2/c1-17(2)13-14-31-23-12-9-18(25(28)30-35)15-21(23)29-24(31)16-32-22-8-6-5-7-20(22)27(3,4)33(26(32)34)19-10-11-19/h5-9,12,15,17,19,35H,10-11,13-14,16H2,1-4H3,(H2,28,30). The lowest BCUT2D eigenvalue weighted by molar-refractivity contribution is 0.126. The Morgan fingerprint density at radius 1 is 1.23 bits per heavy atom. The lowest BCUT2D eigenvalue weighted by Gasteiger charge is -2.48. The Kier molecular flexibility index (Phi) is 5.69. The van der Waals surface area contributed by atoms with Gasteiger partial charge in [-0.2, -0.15) is 0 Å². The van der Waals surface area contributed by atoms with E-state index in [4.69, 9.17) is 15.9 Å². The van der Waals surface area contributed by atoms with Gasteiger partial charge in [-0.15, -0.1) is 0 Å². The maximum Gasteiger partial charge on any atom is 0.325 e. The van der Waals surface area contributed by atoms with Gasteiger partial charge in [0, 0.05) is 23.7 Å². The Balaban J connectivity index is 1.60. The number of hydrogen-bond donors (Lipinski definition) is 2. The number of benzene rings is 2. The van der Waals surface area contributed by atoms with Crippen LogP contribution < -0.4 is 10.6 Å². The predicted octanol–water partition coefficient (Wildman–Crippen LogP) is 5.02. The molecule has 0 unspecified atom stereocenters. The van der Waals surface area contributed by atoms with Crippen molar-refractivity contribution in [3.8, 4) is 0 Å². The van der Waals surface area contributed by atoms with Gasteiger partial charge in [-0.1, -0.05) is 37.2 Å². The van der Waals surface area contributed by atoms with Crippen LogP contribution in [0.2, 0.25) is 0 Å². The van der Waals surface area contributed by atoms with E-state index in [9.17, 15) is 4.79 Å². The van der Waals surface area contributed by atoms with Gasteiger partial charge < -0.3 is 20.4 Å². The Bertz CT molecular complexity index is 1300. The monoisotopic (exact) mass is 474 g/mol. The van der Waals surface area contributed by atoms with Crippen LogP contribution in [0.4, 0.5) is 10.5 Å². The first-order valence-corrected chi connectivity index (χ1v) is 12.4. The molecule has 0 radical (unpaired) electrons. The third-order valence-electron chi connectivity index (χ3n) is 7.27. The summed E-state index contributed by atoms with van der Waals surface area (Å²) in [5.74, 6) is 1.41. The zero-order chi connectivity index (χ0) is 24.9. The summed E-state index contributed by atoms with van der Waals surface area (Å²) in [7, 11) is 0. The summed E-state index contributed by atoms with van der Waals surface area (Å²) in [6.45, 7) is 9.87. The fraction of sp³-hybridized carbons (Fsp3) is 0.444. The zero-order valence-corrected chi connectivity index (χ0v) is 20.9. The first-order valence-electron chi connectivity index (χ1n) is 12.4. The highest BCUT2D eigenvalue weighted by molar-refractivity contribution is 6.00. The molecule has 0 atom stereocenters. The van der Waals surface area contributed by atoms with Gasteiger partial charge in [0.15, 0.2) is 5.84 Å². The third-order valence-corrected chi connectivity index (χ3v) is 7.27. The number of urea groups is 1. The van der Waals surface area contributed by atoms with Crippen molar-refractivity contribution in [1.82, 2.24) is 14.5 Å². The summed E-state index contributed by atoms with van der Waals surface area (Å²) in [4.78, 5) is 22.8. The minimum atomic E-state index is -0.362. The van der Waals surface area contributed by atoms with Gasteiger partial charge in [-0.05, 0) is 63.3 Å². The Labute approximate surface area is 206 Å². The Morgan fingerprint density at radius 2 is 1.97 bits per heavy atom. The van der Waals surface area contributed by atoms with Crippen LogP contribution in [-0.2, 0) is 18.6 Å². The van der Waals surface area contributed by atoms with E-state index >= 15 is 0 Å². The second-order valence-electron chi connectivity index (χ2n) is 10.6. The summed E-state index contributed by atoms with van der Waals surface area (Å²) >= 11 is 0. The molecule has 8 heteroatoms. The number of hydrogen-bond acceptors (Lipinski definition) is 4. The van der Waals surface area contributed by atoms with Gasteiger partial charge in [0.1, 0.15) is 5.82 Å². The summed E-state index contributed by atoms with van der Waals surface area (Å²) in [5, 5.41) is 12.2. The second-order valence-corrected chi connectivity index (χ2v) is 10.6. The molecule has 1 saturated carbocycles. The number of anilines is 1. The maximum atomic E-state index is 13.9. The number of para-hydroxylation sites is 1. The first kappa shape index (κ1) is 23.2. The van der Waals surface area contributed by atoms with Crippen molar-refractivity contribution >= 4 is 28.6 Å². The van der Waals surface area contributed by atoms with Gasteiger partial charge in [-0.25, -0.2) is 9.78 Å². The van der Waals surface area contributed by atoms with E-state index < -0.39 is 0 Å². The Morgan fingerprint density at radius 3 is 2.66 bits per heavy atom. The van der Waals surface area contributed by atoms with Crippen LogP contribution in [-0.4, -0.2) is 37.6 Å². The molecule has 8 nitrogen and oxygen atoms in total. The minimum absolute atomic E-state index is 0.0380. The average molecular weight is 475 g/mol. The molecule has 0 bridgehead atoms. The third kappa shape index (κ3) is 4.00. The van der Waals surface area contributed by atoms with Crippen molar-refractivity contribution in [3.63, 3.8) is 0 Å². The van der Waals surface area contributed by atoms with Crippen molar-refractivity contribution in [2.45, 2.75) is 71.6 Å². The highest BCUT2D eigenvalue weighted by Crippen LogP contribution is 2.46. The van der Waals surface area contributed by atoms with Crippen LogP contribution in [0.5, 0.6) is 0 Å². The first-order chi connectivity index (χ1) is 16.7. The van der Waals surface area contributed by atoms with E-state index in [1.165, 1.54) is 0 Å². The number of aromatic nitrogens is 2. The zero-order valence-electron chi connectivity index (χ0n) is 20.9.